The minimum Gasteiger partial charge on any atom is -0.310 e. The average Bonchev–Trinajstić information content (AvgIpc) is 4.29. The molecule has 2 spiro atoms. The van der Waals surface area contributed by atoms with E-state index in [1.165, 1.54) is 131 Å². The van der Waals surface area contributed by atoms with E-state index in [-0.39, 0.29) is 10.8 Å². The Kier molecular flexibility index (Phi) is 9.60. The highest BCUT2D eigenvalue weighted by Gasteiger charge is 2.62. The number of anilines is 3. The van der Waals surface area contributed by atoms with E-state index in [0.29, 0.717) is 23.7 Å². The molecule has 2 fully saturated rings. The fraction of sp³-hybridized carbons (Fsp3) is 0.200. The number of benzene rings is 10. The summed E-state index contributed by atoms with van der Waals surface area (Å²) in [7, 11) is 0. The third kappa shape index (κ3) is 6.08. The van der Waals surface area contributed by atoms with Crippen LogP contribution in [-0.4, -0.2) is 4.57 Å². The quantitative estimate of drug-likeness (QED) is 0.167. The zero-order chi connectivity index (χ0) is 51.4. The highest BCUT2D eigenvalue weighted by atomic mass is 15.1. The molecule has 16 rings (SSSR count). The summed E-state index contributed by atoms with van der Waals surface area (Å²) in [6, 6.07) is 88.8. The van der Waals surface area contributed by atoms with Gasteiger partial charge in [-0.1, -0.05) is 198 Å². The highest BCUT2D eigenvalue weighted by molar-refractivity contribution is 6.09. The topological polar surface area (TPSA) is 8.17 Å². The summed E-state index contributed by atoms with van der Waals surface area (Å²) in [5.41, 5.74) is 26.0. The number of nitrogens with zero attached hydrogens (tertiary/aromatic N) is 2. The maximum Gasteiger partial charge on any atom is 0.0719 e. The summed E-state index contributed by atoms with van der Waals surface area (Å²) in [6.07, 6.45) is 5.02. The molecule has 2 bridgehead atoms. The molecular weight excluding hydrogens is 929 g/mol. The van der Waals surface area contributed by atoms with Gasteiger partial charge < -0.3 is 9.47 Å². The molecule has 2 saturated carbocycles. The second kappa shape index (κ2) is 16.4. The van der Waals surface area contributed by atoms with E-state index in [0.717, 1.165) is 5.69 Å². The van der Waals surface area contributed by atoms with Crippen LogP contribution >= 0.6 is 0 Å². The van der Waals surface area contributed by atoms with Crippen molar-refractivity contribution in [3.8, 4) is 39.1 Å². The van der Waals surface area contributed by atoms with Crippen LogP contribution < -0.4 is 4.90 Å². The van der Waals surface area contributed by atoms with Gasteiger partial charge in [0.05, 0.1) is 16.4 Å². The van der Waals surface area contributed by atoms with Gasteiger partial charge in [0.25, 0.3) is 0 Å². The Morgan fingerprint density at radius 2 is 0.779 bits per heavy atom. The van der Waals surface area contributed by atoms with Crippen molar-refractivity contribution in [1.29, 1.82) is 0 Å². The molecule has 10 aromatic carbocycles. The first kappa shape index (κ1) is 45.0. The van der Waals surface area contributed by atoms with E-state index in [1.54, 1.807) is 11.1 Å². The average molecular weight is 991 g/mol. The largest absolute Gasteiger partial charge is 0.310 e. The predicted molar refractivity (Wildman–Crippen MR) is 320 cm³/mol. The zero-order valence-corrected chi connectivity index (χ0v) is 44.5. The van der Waals surface area contributed by atoms with Gasteiger partial charge in [-0.05, 0) is 188 Å². The van der Waals surface area contributed by atoms with Crippen LogP contribution in [0.4, 0.5) is 17.1 Å². The van der Waals surface area contributed by atoms with Crippen molar-refractivity contribution in [3.05, 3.63) is 275 Å². The van der Waals surface area contributed by atoms with E-state index in [1.807, 2.05) is 0 Å². The summed E-state index contributed by atoms with van der Waals surface area (Å²) < 4.78 is 2.40. The molecule has 372 valence electrons. The molecule has 2 heteroatoms. The number of hydrogen-bond donors (Lipinski definition) is 0. The number of para-hydroxylation sites is 2. The molecule has 1 aromatic heterocycles. The monoisotopic (exact) mass is 990 g/mol. The molecular formula is C75H62N2. The lowest BCUT2D eigenvalue weighted by Gasteiger charge is -2.61. The fourth-order valence-electron chi connectivity index (χ4n) is 17.0. The van der Waals surface area contributed by atoms with Crippen molar-refractivity contribution in [3.63, 3.8) is 0 Å². The van der Waals surface area contributed by atoms with Gasteiger partial charge in [-0.15, -0.1) is 0 Å². The molecule has 11 aromatic rings. The summed E-state index contributed by atoms with van der Waals surface area (Å²) in [4.78, 5) is 2.59. The van der Waals surface area contributed by atoms with Crippen LogP contribution in [0.5, 0.6) is 0 Å². The van der Waals surface area contributed by atoms with Crippen LogP contribution in [-0.2, 0) is 16.2 Å². The summed E-state index contributed by atoms with van der Waals surface area (Å²) >= 11 is 0. The van der Waals surface area contributed by atoms with E-state index < -0.39 is 5.41 Å². The lowest BCUT2D eigenvalue weighted by molar-refractivity contribution is 0.0238. The van der Waals surface area contributed by atoms with E-state index in [4.69, 9.17) is 0 Å². The maximum atomic E-state index is 2.72. The van der Waals surface area contributed by atoms with Crippen LogP contribution in [0.15, 0.2) is 231 Å². The molecule has 0 amide bonds. The Morgan fingerprint density at radius 3 is 1.36 bits per heavy atom. The second-order valence-corrected chi connectivity index (χ2v) is 24.2. The van der Waals surface area contributed by atoms with Gasteiger partial charge in [-0.3, -0.25) is 0 Å². The first-order valence-electron chi connectivity index (χ1n) is 28.4. The van der Waals surface area contributed by atoms with Crippen LogP contribution in [0, 0.1) is 23.7 Å². The third-order valence-electron chi connectivity index (χ3n) is 19.9. The van der Waals surface area contributed by atoms with Crippen LogP contribution in [0.3, 0.4) is 0 Å². The molecule has 2 nitrogen and oxygen atoms in total. The van der Waals surface area contributed by atoms with Gasteiger partial charge in [0.15, 0.2) is 0 Å². The van der Waals surface area contributed by atoms with Crippen LogP contribution in [0.25, 0.3) is 60.9 Å². The minimum absolute atomic E-state index is 0.124. The zero-order valence-electron chi connectivity index (χ0n) is 44.5. The Labute approximate surface area is 453 Å². The SMILES string of the molecule is CC1CC2CC(C)CC(C1)C21c2ccccc2C2(c3ccccc3-c3ccccc32)c2ccc(N(c3ccc(-c4ccc(-n5c6ccccc6c6ccccc65)cc4)cc3)c3ccc4c(c3)C(C)(C)c3ccccc3-4)cc21. The summed E-state index contributed by atoms with van der Waals surface area (Å²) in [5, 5.41) is 2.56. The van der Waals surface area contributed by atoms with Crippen molar-refractivity contribution < 1.29 is 0 Å². The Hall–Kier alpha value is -8.20. The lowest BCUT2D eigenvalue weighted by Crippen LogP contribution is -2.56. The van der Waals surface area contributed by atoms with Crippen molar-refractivity contribution in [2.24, 2.45) is 23.7 Å². The van der Waals surface area contributed by atoms with Gasteiger partial charge >= 0.3 is 0 Å². The summed E-state index contributed by atoms with van der Waals surface area (Å²) in [5.74, 6) is 2.47. The molecule has 0 aliphatic heterocycles. The van der Waals surface area contributed by atoms with Crippen molar-refractivity contribution in [2.45, 2.75) is 69.6 Å². The minimum atomic E-state index is -0.446. The molecule has 0 saturated heterocycles. The molecule has 0 radical (unpaired) electrons. The molecule has 5 aliphatic rings. The Bertz CT molecular complexity index is 4080. The fourth-order valence-corrected chi connectivity index (χ4v) is 17.0. The van der Waals surface area contributed by atoms with E-state index in [9.17, 15) is 0 Å². The van der Waals surface area contributed by atoms with Crippen molar-refractivity contribution >= 4 is 38.9 Å². The molecule has 77 heavy (non-hydrogen) atoms. The first-order chi connectivity index (χ1) is 37.7. The Morgan fingerprint density at radius 1 is 0.364 bits per heavy atom. The third-order valence-corrected chi connectivity index (χ3v) is 19.9. The van der Waals surface area contributed by atoms with Gasteiger partial charge in [-0.25, -0.2) is 0 Å². The van der Waals surface area contributed by atoms with Crippen LogP contribution in [0.1, 0.15) is 97.9 Å². The van der Waals surface area contributed by atoms with Gasteiger partial charge in [-0.2, -0.15) is 0 Å². The molecule has 1 heterocycles. The molecule has 0 atom stereocenters. The smallest absolute Gasteiger partial charge is 0.0719 e. The number of hydrogen-bond acceptors (Lipinski definition) is 1. The number of fused-ring (bicyclic) bond motifs is 15. The molecule has 5 aliphatic carbocycles. The lowest BCUT2D eigenvalue weighted by atomic mass is 9.41. The molecule has 0 unspecified atom stereocenters. The van der Waals surface area contributed by atoms with E-state index >= 15 is 0 Å². The maximum absolute atomic E-state index is 2.72. The molecule has 0 N–H and O–H groups in total. The normalized spacial score (nSPS) is 21.6. The predicted octanol–water partition coefficient (Wildman–Crippen LogP) is 19.3. The summed E-state index contributed by atoms with van der Waals surface area (Å²) in [6.45, 7) is 9.90. The number of rotatable bonds is 5. The Balaban J connectivity index is 0.899. The van der Waals surface area contributed by atoms with Gasteiger partial charge in [0.2, 0.25) is 0 Å². The standard InChI is InChI=1S/C75H62N2/c1-47-41-51-43-48(2)44-52(42-47)74(51)66-25-13-14-26-67(66)75(64-23-11-6-18-58(64)59-19-7-12-24-65(59)75)68-40-38-56(46-70(68)74)76(55-37-39-60-57-17-5-10-22-63(57)73(3,4)69(60)45-55)53-33-29-49(30-34-53)50-31-35-54(36-32-50)77-71-27-15-8-20-61(71)62-21-9-16-28-72(62)77/h5-40,45-48,51-52H,41-44H2,1-4H3. The van der Waals surface area contributed by atoms with Gasteiger partial charge in [0.1, 0.15) is 0 Å². The first-order valence-corrected chi connectivity index (χ1v) is 28.4. The van der Waals surface area contributed by atoms with Crippen LogP contribution in [0.2, 0.25) is 0 Å². The second-order valence-electron chi connectivity index (χ2n) is 24.2. The van der Waals surface area contributed by atoms with Gasteiger partial charge in [0, 0.05) is 44.4 Å². The van der Waals surface area contributed by atoms with Crippen molar-refractivity contribution in [2.75, 3.05) is 4.90 Å². The number of aromatic nitrogens is 1. The van der Waals surface area contributed by atoms with E-state index in [2.05, 4.69) is 268 Å². The highest BCUT2D eigenvalue weighted by Crippen LogP contribution is 2.70. The van der Waals surface area contributed by atoms with Crippen molar-refractivity contribution in [1.82, 2.24) is 4.57 Å².